The molecule has 1 aliphatic heterocycles. The molecule has 4 rings (SSSR count). The fraction of sp³-hybridized carbons (Fsp3) is 0.0833. The van der Waals surface area contributed by atoms with Crippen molar-refractivity contribution in [2.75, 3.05) is 16.8 Å². The van der Waals surface area contributed by atoms with Crippen molar-refractivity contribution in [2.45, 2.75) is 6.54 Å². The topological polar surface area (TPSA) is 58.6 Å². The van der Waals surface area contributed by atoms with E-state index in [4.69, 9.17) is 16.3 Å². The summed E-state index contributed by atoms with van der Waals surface area (Å²) in [6.45, 7) is 0.275. The molecule has 0 saturated heterocycles. The van der Waals surface area contributed by atoms with Crippen LogP contribution in [0.25, 0.3) is 6.08 Å². The number of nitrogens with zero attached hydrogens (tertiary/aromatic N) is 1. The Morgan fingerprint density at radius 3 is 2.71 bits per heavy atom. The van der Waals surface area contributed by atoms with E-state index < -0.39 is 0 Å². The number of anilines is 2. The van der Waals surface area contributed by atoms with Crippen molar-refractivity contribution < 1.29 is 18.7 Å². The summed E-state index contributed by atoms with van der Waals surface area (Å²) in [4.78, 5) is 26.4. The summed E-state index contributed by atoms with van der Waals surface area (Å²) in [6, 6.07) is 18.2. The zero-order valence-electron chi connectivity index (χ0n) is 16.3. The molecule has 0 radical (unpaired) electrons. The van der Waals surface area contributed by atoms with Crippen LogP contribution in [0.3, 0.4) is 0 Å². The van der Waals surface area contributed by atoms with Gasteiger partial charge in [0.25, 0.3) is 5.91 Å². The van der Waals surface area contributed by atoms with Crippen LogP contribution in [-0.2, 0) is 16.1 Å². The fourth-order valence-electron chi connectivity index (χ4n) is 3.20. The van der Waals surface area contributed by atoms with Gasteiger partial charge in [0.05, 0.1) is 12.2 Å². The first kappa shape index (κ1) is 20.6. The van der Waals surface area contributed by atoms with Crippen molar-refractivity contribution in [2.24, 2.45) is 0 Å². The van der Waals surface area contributed by atoms with Gasteiger partial charge < -0.3 is 15.0 Å². The third-order valence-corrected chi connectivity index (χ3v) is 4.93. The quantitative estimate of drug-likeness (QED) is 0.569. The minimum Gasteiger partial charge on any atom is -0.482 e. The summed E-state index contributed by atoms with van der Waals surface area (Å²) >= 11 is 6.06. The zero-order valence-corrected chi connectivity index (χ0v) is 17.1. The molecule has 2 amide bonds. The molecule has 0 fully saturated rings. The summed E-state index contributed by atoms with van der Waals surface area (Å²) < 4.78 is 18.5. The summed E-state index contributed by atoms with van der Waals surface area (Å²) in [6.07, 6.45) is 2.95. The number of benzene rings is 3. The van der Waals surface area contributed by atoms with Gasteiger partial charge in [-0.1, -0.05) is 35.9 Å². The van der Waals surface area contributed by atoms with E-state index in [1.54, 1.807) is 53.4 Å². The Bertz CT molecular complexity index is 1160. The van der Waals surface area contributed by atoms with Gasteiger partial charge in [0.15, 0.2) is 6.61 Å². The Labute approximate surface area is 183 Å². The molecule has 1 N–H and O–H groups in total. The van der Waals surface area contributed by atoms with Gasteiger partial charge >= 0.3 is 0 Å². The van der Waals surface area contributed by atoms with Crippen molar-refractivity contribution in [3.05, 3.63) is 94.8 Å². The molecule has 3 aromatic carbocycles. The van der Waals surface area contributed by atoms with Crippen LogP contribution in [0, 0.1) is 5.82 Å². The molecule has 0 aliphatic carbocycles. The Hall–Kier alpha value is -3.64. The Kier molecular flexibility index (Phi) is 6.00. The van der Waals surface area contributed by atoms with Gasteiger partial charge in [0.2, 0.25) is 5.91 Å². The highest BCUT2D eigenvalue weighted by atomic mass is 35.5. The molecular weight excluding hydrogens is 419 g/mol. The number of hydrogen-bond donors (Lipinski definition) is 1. The van der Waals surface area contributed by atoms with Gasteiger partial charge in [0.1, 0.15) is 11.6 Å². The molecule has 0 aromatic heterocycles. The lowest BCUT2D eigenvalue weighted by Gasteiger charge is -2.30. The lowest BCUT2D eigenvalue weighted by molar-refractivity contribution is -0.121. The van der Waals surface area contributed by atoms with Gasteiger partial charge in [-0.2, -0.15) is 0 Å². The fourth-order valence-corrected chi connectivity index (χ4v) is 3.41. The van der Waals surface area contributed by atoms with E-state index in [-0.39, 0.29) is 24.2 Å². The molecule has 0 saturated carbocycles. The van der Waals surface area contributed by atoms with Gasteiger partial charge in [0, 0.05) is 16.8 Å². The SMILES string of the molecule is O=C(/C=C/c1ccc(F)cc1)Nc1ccc2c(c1)N(Cc1cccc(Cl)c1)C(=O)CO2. The Balaban J connectivity index is 1.52. The highest BCUT2D eigenvalue weighted by Gasteiger charge is 2.26. The van der Waals surface area contributed by atoms with E-state index in [9.17, 15) is 14.0 Å². The van der Waals surface area contributed by atoms with Crippen LogP contribution in [0.1, 0.15) is 11.1 Å². The lowest BCUT2D eigenvalue weighted by Crippen LogP contribution is -2.38. The lowest BCUT2D eigenvalue weighted by atomic mass is 10.1. The number of fused-ring (bicyclic) bond motifs is 1. The van der Waals surface area contributed by atoms with Crippen LogP contribution in [0.2, 0.25) is 5.02 Å². The van der Waals surface area contributed by atoms with Crippen LogP contribution in [0.5, 0.6) is 5.75 Å². The summed E-state index contributed by atoms with van der Waals surface area (Å²) in [7, 11) is 0. The first-order chi connectivity index (χ1) is 15.0. The summed E-state index contributed by atoms with van der Waals surface area (Å²) in [5.41, 5.74) is 2.66. The molecule has 156 valence electrons. The number of carbonyl (C=O) groups is 2. The van der Waals surface area contributed by atoms with Crippen LogP contribution in [-0.4, -0.2) is 18.4 Å². The van der Waals surface area contributed by atoms with E-state index in [0.29, 0.717) is 34.3 Å². The number of halogens is 2. The van der Waals surface area contributed by atoms with Crippen LogP contribution in [0.4, 0.5) is 15.8 Å². The highest BCUT2D eigenvalue weighted by molar-refractivity contribution is 6.30. The van der Waals surface area contributed by atoms with Gasteiger partial charge in [-0.05, 0) is 59.7 Å². The van der Waals surface area contributed by atoms with Crippen LogP contribution < -0.4 is 15.0 Å². The largest absolute Gasteiger partial charge is 0.482 e. The maximum atomic E-state index is 13.0. The first-order valence-electron chi connectivity index (χ1n) is 9.54. The molecule has 1 aliphatic rings. The van der Waals surface area contributed by atoms with Crippen molar-refractivity contribution in [3.63, 3.8) is 0 Å². The predicted molar refractivity (Wildman–Crippen MR) is 119 cm³/mol. The van der Waals surface area contributed by atoms with Crippen LogP contribution >= 0.6 is 11.6 Å². The van der Waals surface area contributed by atoms with E-state index in [1.165, 1.54) is 18.2 Å². The average molecular weight is 437 g/mol. The van der Waals surface area contributed by atoms with E-state index in [1.807, 2.05) is 12.1 Å². The minimum absolute atomic E-state index is 0.0559. The maximum Gasteiger partial charge on any atom is 0.265 e. The number of nitrogens with one attached hydrogen (secondary N) is 1. The van der Waals surface area contributed by atoms with Crippen molar-refractivity contribution in [3.8, 4) is 5.75 Å². The number of carbonyl (C=O) groups excluding carboxylic acids is 2. The summed E-state index contributed by atoms with van der Waals surface area (Å²) in [5.74, 6) is -0.322. The molecule has 0 unspecified atom stereocenters. The first-order valence-corrected chi connectivity index (χ1v) is 9.92. The average Bonchev–Trinajstić information content (AvgIpc) is 2.75. The maximum absolute atomic E-state index is 13.0. The third-order valence-electron chi connectivity index (χ3n) is 4.70. The van der Waals surface area contributed by atoms with Crippen molar-refractivity contribution in [1.82, 2.24) is 0 Å². The second-order valence-corrected chi connectivity index (χ2v) is 7.39. The number of hydrogen-bond acceptors (Lipinski definition) is 3. The van der Waals surface area contributed by atoms with E-state index in [2.05, 4.69) is 5.32 Å². The molecule has 3 aromatic rings. The standard InChI is InChI=1S/C24H18ClFN2O3/c25-18-3-1-2-17(12-18)14-28-21-13-20(9-10-22(21)31-15-24(28)30)27-23(29)11-6-16-4-7-19(26)8-5-16/h1-13H,14-15H2,(H,27,29)/b11-6+. The molecule has 0 bridgehead atoms. The number of amides is 2. The Morgan fingerprint density at radius 2 is 1.94 bits per heavy atom. The number of rotatable bonds is 5. The van der Waals surface area contributed by atoms with Gasteiger partial charge in [-0.25, -0.2) is 4.39 Å². The zero-order chi connectivity index (χ0) is 21.8. The minimum atomic E-state index is -0.353. The second-order valence-electron chi connectivity index (χ2n) is 6.96. The van der Waals surface area contributed by atoms with Gasteiger partial charge in [-0.15, -0.1) is 0 Å². The van der Waals surface area contributed by atoms with Crippen molar-refractivity contribution in [1.29, 1.82) is 0 Å². The monoisotopic (exact) mass is 436 g/mol. The summed E-state index contributed by atoms with van der Waals surface area (Å²) in [5, 5.41) is 3.36. The molecule has 1 heterocycles. The van der Waals surface area contributed by atoms with E-state index >= 15 is 0 Å². The normalized spacial score (nSPS) is 13.1. The molecule has 31 heavy (non-hydrogen) atoms. The van der Waals surface area contributed by atoms with E-state index in [0.717, 1.165) is 5.56 Å². The predicted octanol–water partition coefficient (Wildman–Crippen LogP) is 5.06. The second kappa shape index (κ2) is 9.02. The molecule has 0 spiro atoms. The van der Waals surface area contributed by atoms with Crippen molar-refractivity contribution >= 4 is 40.9 Å². The number of ether oxygens (including phenoxy) is 1. The highest BCUT2D eigenvalue weighted by Crippen LogP contribution is 2.35. The smallest absolute Gasteiger partial charge is 0.265 e. The molecular formula is C24H18ClFN2O3. The van der Waals surface area contributed by atoms with Gasteiger partial charge in [-0.3, -0.25) is 9.59 Å². The third kappa shape index (κ3) is 5.10. The molecule has 0 atom stereocenters. The van der Waals surface area contributed by atoms with Crippen LogP contribution in [0.15, 0.2) is 72.8 Å². The molecule has 5 nitrogen and oxygen atoms in total. The Morgan fingerprint density at radius 1 is 1.13 bits per heavy atom. The molecule has 7 heteroatoms.